The summed E-state index contributed by atoms with van der Waals surface area (Å²) in [6.45, 7) is -3.12. The van der Waals surface area contributed by atoms with Gasteiger partial charge in [0.2, 0.25) is 5.91 Å². The van der Waals surface area contributed by atoms with Crippen molar-refractivity contribution < 1.29 is 36.2 Å². The van der Waals surface area contributed by atoms with Crippen molar-refractivity contribution in [3.8, 4) is 11.5 Å². The van der Waals surface area contributed by atoms with Crippen molar-refractivity contribution in [2.45, 2.75) is 6.61 Å². The first-order valence-corrected chi connectivity index (χ1v) is 7.07. The lowest BCUT2D eigenvalue weighted by molar-refractivity contribution is -0.111. The number of rotatable bonds is 6. The third kappa shape index (κ3) is 4.71. The summed E-state index contributed by atoms with van der Waals surface area (Å²) in [6.07, 6.45) is 2.00. The molecule has 0 aliphatic carbocycles. The van der Waals surface area contributed by atoms with E-state index in [4.69, 9.17) is 4.74 Å². The monoisotopic (exact) mass is 373 g/mol. The van der Waals surface area contributed by atoms with E-state index in [-0.39, 0.29) is 23.1 Å². The average molecular weight is 373 g/mol. The Morgan fingerprint density at radius 2 is 1.81 bits per heavy atom. The third-order valence-electron chi connectivity index (χ3n) is 3.12. The molecule has 0 aliphatic heterocycles. The predicted octanol–water partition coefficient (Wildman–Crippen LogP) is 4.37. The fourth-order valence-corrected chi connectivity index (χ4v) is 2.00. The van der Waals surface area contributed by atoms with Crippen LogP contribution in [0.4, 0.5) is 27.6 Å². The number of amides is 1. The van der Waals surface area contributed by atoms with E-state index in [0.717, 1.165) is 12.2 Å². The summed E-state index contributed by atoms with van der Waals surface area (Å²) in [5.74, 6) is -5.10. The van der Waals surface area contributed by atoms with E-state index >= 15 is 0 Å². The maximum atomic E-state index is 13.5. The van der Waals surface area contributed by atoms with Gasteiger partial charge in [0.25, 0.3) is 0 Å². The van der Waals surface area contributed by atoms with Crippen LogP contribution in [0.5, 0.6) is 11.5 Å². The van der Waals surface area contributed by atoms with E-state index in [0.29, 0.717) is 6.07 Å². The van der Waals surface area contributed by atoms with Gasteiger partial charge in [0.15, 0.2) is 23.1 Å². The lowest BCUT2D eigenvalue weighted by Crippen LogP contribution is -2.10. The largest absolute Gasteiger partial charge is 0.493 e. The fraction of sp³-hybridized carbons (Fsp3) is 0.118. The molecule has 0 bridgehead atoms. The smallest absolute Gasteiger partial charge is 0.387 e. The zero-order valence-electron chi connectivity index (χ0n) is 13.2. The maximum absolute atomic E-state index is 13.5. The van der Waals surface area contributed by atoms with Gasteiger partial charge in [0, 0.05) is 23.8 Å². The van der Waals surface area contributed by atoms with Crippen LogP contribution in [0.15, 0.2) is 36.4 Å². The molecule has 0 saturated heterocycles. The Morgan fingerprint density at radius 1 is 1.12 bits per heavy atom. The Balaban J connectivity index is 2.22. The molecule has 0 fully saturated rings. The van der Waals surface area contributed by atoms with Crippen LogP contribution in [-0.2, 0) is 4.79 Å². The molecule has 0 aliphatic rings. The second kappa shape index (κ2) is 8.32. The van der Waals surface area contributed by atoms with E-state index in [9.17, 15) is 26.7 Å². The minimum Gasteiger partial charge on any atom is -0.493 e. The van der Waals surface area contributed by atoms with E-state index < -0.39 is 35.7 Å². The van der Waals surface area contributed by atoms with Gasteiger partial charge in [0.05, 0.1) is 12.8 Å². The minimum absolute atomic E-state index is 0.0134. The zero-order chi connectivity index (χ0) is 19.3. The van der Waals surface area contributed by atoms with Gasteiger partial charge < -0.3 is 14.8 Å². The van der Waals surface area contributed by atoms with Gasteiger partial charge in [-0.15, -0.1) is 0 Å². The second-order valence-electron chi connectivity index (χ2n) is 4.83. The number of methoxy groups -OCH3 is 1. The lowest BCUT2D eigenvalue weighted by atomic mass is 10.1. The number of carbonyl (C=O) groups excluding carboxylic acids is 1. The average Bonchev–Trinajstić information content (AvgIpc) is 2.58. The molecule has 2 aromatic carbocycles. The molecule has 0 atom stereocenters. The van der Waals surface area contributed by atoms with Crippen LogP contribution in [0.1, 0.15) is 5.56 Å². The van der Waals surface area contributed by atoms with Crippen LogP contribution in [-0.4, -0.2) is 19.6 Å². The summed E-state index contributed by atoms with van der Waals surface area (Å²) >= 11 is 0. The minimum atomic E-state index is -3.12. The molecule has 2 rings (SSSR count). The second-order valence-corrected chi connectivity index (χ2v) is 4.83. The standard InChI is InChI=1S/C17H12F5NO3/c1-25-14-4-2-3-9(16(14)26-17(21)22)5-6-15(24)23-13-8-11(19)10(18)7-12(13)20/h2-8,17H,1H3,(H,23,24)/b6-5+. The third-order valence-corrected chi connectivity index (χ3v) is 3.12. The molecule has 0 unspecified atom stereocenters. The molecular formula is C17H12F5NO3. The quantitative estimate of drug-likeness (QED) is 0.465. The Bertz CT molecular complexity index is 839. The summed E-state index contributed by atoms with van der Waals surface area (Å²) in [7, 11) is 1.25. The number of halogens is 5. The number of para-hydroxylation sites is 1. The van der Waals surface area contributed by atoms with Crippen LogP contribution in [0.2, 0.25) is 0 Å². The topological polar surface area (TPSA) is 47.6 Å². The number of hydrogen-bond acceptors (Lipinski definition) is 3. The highest BCUT2D eigenvalue weighted by atomic mass is 19.3. The summed E-state index contributed by atoms with van der Waals surface area (Å²) in [5, 5.41) is 2.01. The Kier molecular flexibility index (Phi) is 6.16. The Morgan fingerprint density at radius 3 is 2.46 bits per heavy atom. The molecule has 0 spiro atoms. The molecule has 1 N–H and O–H groups in total. The van der Waals surface area contributed by atoms with Crippen molar-refractivity contribution in [3.05, 3.63) is 59.4 Å². The number of benzene rings is 2. The van der Waals surface area contributed by atoms with E-state index in [1.54, 1.807) is 0 Å². The zero-order valence-corrected chi connectivity index (χ0v) is 13.2. The molecule has 2 aromatic rings. The molecule has 4 nitrogen and oxygen atoms in total. The highest BCUT2D eigenvalue weighted by Crippen LogP contribution is 2.33. The van der Waals surface area contributed by atoms with Crippen LogP contribution in [0, 0.1) is 17.5 Å². The van der Waals surface area contributed by atoms with Gasteiger partial charge in [-0.25, -0.2) is 13.2 Å². The lowest BCUT2D eigenvalue weighted by Gasteiger charge is -2.12. The van der Waals surface area contributed by atoms with Gasteiger partial charge in [-0.3, -0.25) is 4.79 Å². The van der Waals surface area contributed by atoms with Crippen LogP contribution < -0.4 is 14.8 Å². The molecule has 0 radical (unpaired) electrons. The summed E-state index contributed by atoms with van der Waals surface area (Å²) in [6, 6.07) is 5.00. The number of ether oxygens (including phenoxy) is 2. The van der Waals surface area contributed by atoms with Crippen molar-refractivity contribution in [1.29, 1.82) is 0 Å². The number of alkyl halides is 2. The molecular weight excluding hydrogens is 361 g/mol. The molecule has 0 heterocycles. The fourth-order valence-electron chi connectivity index (χ4n) is 2.00. The highest BCUT2D eigenvalue weighted by Gasteiger charge is 2.15. The highest BCUT2D eigenvalue weighted by molar-refractivity contribution is 6.02. The van der Waals surface area contributed by atoms with E-state index in [1.807, 2.05) is 5.32 Å². The van der Waals surface area contributed by atoms with E-state index in [2.05, 4.69) is 4.74 Å². The first-order chi connectivity index (χ1) is 12.3. The summed E-state index contributed by atoms with van der Waals surface area (Å²) in [5.41, 5.74) is -0.487. The van der Waals surface area contributed by atoms with Crippen LogP contribution in [0.25, 0.3) is 6.08 Å². The van der Waals surface area contributed by atoms with Crippen LogP contribution >= 0.6 is 0 Å². The number of carbonyl (C=O) groups is 1. The maximum Gasteiger partial charge on any atom is 0.387 e. The predicted molar refractivity (Wildman–Crippen MR) is 83.6 cm³/mol. The summed E-state index contributed by atoms with van der Waals surface area (Å²) in [4.78, 5) is 11.8. The number of nitrogens with one attached hydrogen (secondary N) is 1. The van der Waals surface area contributed by atoms with Crippen molar-refractivity contribution in [3.63, 3.8) is 0 Å². The van der Waals surface area contributed by atoms with Crippen molar-refractivity contribution in [1.82, 2.24) is 0 Å². The van der Waals surface area contributed by atoms with Gasteiger partial charge in [0.1, 0.15) is 5.82 Å². The number of hydrogen-bond donors (Lipinski definition) is 1. The van der Waals surface area contributed by atoms with Crippen molar-refractivity contribution >= 4 is 17.7 Å². The molecule has 0 saturated carbocycles. The van der Waals surface area contributed by atoms with Crippen molar-refractivity contribution in [2.75, 3.05) is 12.4 Å². The number of anilines is 1. The summed E-state index contributed by atoms with van der Waals surface area (Å²) < 4.78 is 73.8. The molecule has 1 amide bonds. The molecule has 26 heavy (non-hydrogen) atoms. The van der Waals surface area contributed by atoms with Gasteiger partial charge in [-0.05, 0) is 12.1 Å². The van der Waals surface area contributed by atoms with Crippen LogP contribution in [0.3, 0.4) is 0 Å². The van der Waals surface area contributed by atoms with Gasteiger partial charge in [-0.1, -0.05) is 12.1 Å². The Labute approximate surface area is 144 Å². The van der Waals surface area contributed by atoms with Gasteiger partial charge in [-0.2, -0.15) is 8.78 Å². The molecule has 9 heteroatoms. The van der Waals surface area contributed by atoms with Crippen molar-refractivity contribution in [2.24, 2.45) is 0 Å². The SMILES string of the molecule is COc1cccc(/C=C/C(=O)Nc2cc(F)c(F)cc2F)c1OC(F)F. The first-order valence-electron chi connectivity index (χ1n) is 7.07. The molecule has 138 valence electrons. The molecule has 0 aromatic heterocycles. The van der Waals surface area contributed by atoms with E-state index in [1.165, 1.54) is 25.3 Å². The first kappa shape index (κ1) is 19.2. The normalized spacial score (nSPS) is 11.0. The van der Waals surface area contributed by atoms with Gasteiger partial charge >= 0.3 is 6.61 Å². The Hall–Kier alpha value is -3.10.